The van der Waals surface area contributed by atoms with Crippen LogP contribution in [0.2, 0.25) is 0 Å². The van der Waals surface area contributed by atoms with Gasteiger partial charge in [-0.05, 0) is 80.4 Å². The maximum Gasteiger partial charge on any atom is 0.416 e. The van der Waals surface area contributed by atoms with Gasteiger partial charge in [-0.25, -0.2) is 4.79 Å². The van der Waals surface area contributed by atoms with Gasteiger partial charge in [0.2, 0.25) is 5.88 Å². The molecule has 0 amide bonds. The summed E-state index contributed by atoms with van der Waals surface area (Å²) in [4.78, 5) is 12.1. The fourth-order valence-electron chi connectivity index (χ4n) is 4.67. The summed E-state index contributed by atoms with van der Waals surface area (Å²) < 4.78 is 42.2. The van der Waals surface area contributed by atoms with E-state index in [2.05, 4.69) is 10.2 Å². The molecule has 0 saturated carbocycles. The molecule has 0 saturated heterocycles. The number of hydrogen-bond donors (Lipinski definition) is 3. The second-order valence-electron chi connectivity index (χ2n) is 9.73. The normalized spacial score (nSPS) is 12.0. The summed E-state index contributed by atoms with van der Waals surface area (Å²) in [7, 11) is 0. The molecule has 5 rings (SSSR count). The molecule has 1 aromatic heterocycles. The molecule has 0 bridgehead atoms. The topological polar surface area (TPSA) is 107 Å². The predicted octanol–water partition coefficient (Wildman–Crippen LogP) is 8.77. The number of carboxylic acids is 1. The smallest absolute Gasteiger partial charge is 0.416 e. The molecule has 41 heavy (non-hydrogen) atoms. The van der Waals surface area contributed by atoms with Gasteiger partial charge in [0.05, 0.1) is 16.6 Å². The zero-order valence-corrected chi connectivity index (χ0v) is 22.2. The molecule has 0 aliphatic heterocycles. The zero-order chi connectivity index (χ0) is 29.6. The summed E-state index contributed by atoms with van der Waals surface area (Å²) in [5.74, 6) is -1.88. The first-order valence-corrected chi connectivity index (χ1v) is 12.5. The van der Waals surface area contributed by atoms with Crippen LogP contribution in [0.25, 0.3) is 27.7 Å². The van der Waals surface area contributed by atoms with Crippen molar-refractivity contribution in [2.75, 3.05) is 0 Å². The van der Waals surface area contributed by atoms with Gasteiger partial charge in [-0.1, -0.05) is 29.8 Å². The van der Waals surface area contributed by atoms with E-state index in [9.17, 15) is 33.3 Å². The highest BCUT2D eigenvalue weighted by Crippen LogP contribution is 2.45. The number of azo groups is 1. The number of rotatable bonds is 5. The van der Waals surface area contributed by atoms with E-state index in [1.54, 1.807) is 43.3 Å². The quantitative estimate of drug-likeness (QED) is 0.187. The first-order valence-electron chi connectivity index (χ1n) is 12.5. The van der Waals surface area contributed by atoms with E-state index in [4.69, 9.17) is 0 Å². The van der Waals surface area contributed by atoms with Gasteiger partial charge in [0.15, 0.2) is 5.69 Å². The van der Waals surface area contributed by atoms with Crippen LogP contribution in [0.5, 0.6) is 11.6 Å². The molecule has 0 aliphatic rings. The monoisotopic (exact) mass is 559 g/mol. The van der Waals surface area contributed by atoms with Crippen molar-refractivity contribution in [1.82, 2.24) is 4.57 Å². The Balaban J connectivity index is 1.77. The molecule has 0 fully saturated rings. The third-order valence-corrected chi connectivity index (χ3v) is 6.95. The summed E-state index contributed by atoms with van der Waals surface area (Å²) in [6.07, 6.45) is -4.63. The Morgan fingerprint density at radius 3 is 2.22 bits per heavy atom. The molecule has 7 nitrogen and oxygen atoms in total. The minimum absolute atomic E-state index is 0.0394. The summed E-state index contributed by atoms with van der Waals surface area (Å²) in [6.45, 7) is 5.53. The molecule has 0 unspecified atom stereocenters. The van der Waals surface area contributed by atoms with Crippen molar-refractivity contribution in [2.45, 2.75) is 26.9 Å². The van der Waals surface area contributed by atoms with Crippen LogP contribution < -0.4 is 0 Å². The highest BCUT2D eigenvalue weighted by molar-refractivity contribution is 5.99. The van der Waals surface area contributed by atoms with Crippen LogP contribution in [0, 0.1) is 20.8 Å². The van der Waals surface area contributed by atoms with Gasteiger partial charge in [0.1, 0.15) is 11.4 Å². The summed E-state index contributed by atoms with van der Waals surface area (Å²) in [5, 5.41) is 40.3. The van der Waals surface area contributed by atoms with Crippen LogP contribution in [0.3, 0.4) is 0 Å². The third kappa shape index (κ3) is 5.00. The Morgan fingerprint density at radius 2 is 1.54 bits per heavy atom. The van der Waals surface area contributed by atoms with Gasteiger partial charge < -0.3 is 15.3 Å². The maximum atomic E-state index is 13.6. The van der Waals surface area contributed by atoms with Crippen molar-refractivity contribution in [3.05, 3.63) is 101 Å². The Labute approximate surface area is 232 Å². The largest absolute Gasteiger partial charge is 0.507 e. The lowest BCUT2D eigenvalue weighted by Crippen LogP contribution is -2.05. The zero-order valence-electron chi connectivity index (χ0n) is 22.2. The van der Waals surface area contributed by atoms with Crippen LogP contribution in [0.15, 0.2) is 83.0 Å². The van der Waals surface area contributed by atoms with Crippen molar-refractivity contribution in [3.63, 3.8) is 0 Å². The third-order valence-electron chi connectivity index (χ3n) is 6.95. The Kier molecular flexibility index (Phi) is 6.78. The van der Waals surface area contributed by atoms with Gasteiger partial charge in [-0.15, -0.1) is 10.2 Å². The lowest BCUT2D eigenvalue weighted by Gasteiger charge is -2.11. The Hall–Kier alpha value is -5.12. The highest BCUT2D eigenvalue weighted by atomic mass is 19.4. The molecule has 0 radical (unpaired) electrons. The van der Waals surface area contributed by atoms with Crippen molar-refractivity contribution >= 4 is 28.2 Å². The fourth-order valence-corrected chi connectivity index (χ4v) is 4.67. The number of fused-ring (bicyclic) bond motifs is 1. The van der Waals surface area contributed by atoms with Crippen LogP contribution in [0.4, 0.5) is 24.5 Å². The number of aromatic nitrogens is 1. The predicted molar refractivity (Wildman–Crippen MR) is 149 cm³/mol. The second-order valence-corrected chi connectivity index (χ2v) is 9.73. The van der Waals surface area contributed by atoms with Crippen molar-refractivity contribution < 1.29 is 33.3 Å². The molecule has 208 valence electrons. The standard InChI is InChI=1S/C31H24F3N3O4/c1-16-7-12-26(38)24(13-16)21-5-4-6-23(30(40)41)27(21)35-36-28-22-11-9-19(31(32,33)34)15-25(22)37(29(28)39)20-10-8-17(2)18(3)14-20/h4-15,38-39H,1-3H3,(H,40,41). The number of carbonyl (C=O) groups is 1. The van der Waals surface area contributed by atoms with Crippen LogP contribution in [-0.4, -0.2) is 25.9 Å². The first-order chi connectivity index (χ1) is 19.4. The second kappa shape index (κ2) is 10.1. The van der Waals surface area contributed by atoms with Gasteiger partial charge >= 0.3 is 12.1 Å². The van der Waals surface area contributed by atoms with Gasteiger partial charge in [-0.3, -0.25) is 4.57 Å². The SMILES string of the molecule is Cc1ccc(O)c(-c2cccc(C(=O)O)c2N=Nc2c(O)n(-c3ccc(C)c(C)c3)c3cc(C(F)(F)F)ccc23)c1. The Morgan fingerprint density at radius 1 is 0.805 bits per heavy atom. The summed E-state index contributed by atoms with van der Waals surface area (Å²) in [5.41, 5.74) is 2.28. The number of phenols is 1. The van der Waals surface area contributed by atoms with E-state index in [-0.39, 0.29) is 39.2 Å². The van der Waals surface area contributed by atoms with Crippen molar-refractivity contribution in [2.24, 2.45) is 10.2 Å². The molecular formula is C31H24F3N3O4. The van der Waals surface area contributed by atoms with E-state index >= 15 is 0 Å². The number of nitrogens with zero attached hydrogens (tertiary/aromatic N) is 3. The highest BCUT2D eigenvalue weighted by Gasteiger charge is 2.32. The number of carboxylic acid groups (broad SMARTS) is 1. The fraction of sp³-hybridized carbons (Fsp3) is 0.129. The average molecular weight is 560 g/mol. The van der Waals surface area contributed by atoms with E-state index in [1.165, 1.54) is 28.8 Å². The van der Waals surface area contributed by atoms with Gasteiger partial charge in [0.25, 0.3) is 0 Å². The lowest BCUT2D eigenvalue weighted by molar-refractivity contribution is -0.137. The molecule has 0 spiro atoms. The van der Waals surface area contributed by atoms with E-state index < -0.39 is 23.6 Å². The molecule has 10 heteroatoms. The molecule has 3 N–H and O–H groups in total. The Bertz CT molecular complexity index is 1870. The average Bonchev–Trinajstić information content (AvgIpc) is 3.20. The number of phenolic OH excluding ortho intramolecular Hbond substituents is 1. The molecule has 5 aromatic rings. The first kappa shape index (κ1) is 27.4. The molecular weight excluding hydrogens is 535 g/mol. The number of benzene rings is 4. The van der Waals surface area contributed by atoms with Crippen LogP contribution in [-0.2, 0) is 6.18 Å². The summed E-state index contributed by atoms with van der Waals surface area (Å²) >= 11 is 0. The van der Waals surface area contributed by atoms with Crippen molar-refractivity contribution in [1.29, 1.82) is 0 Å². The van der Waals surface area contributed by atoms with Gasteiger partial charge in [0, 0.05) is 22.2 Å². The summed E-state index contributed by atoms with van der Waals surface area (Å²) in [6, 6.07) is 17.4. The van der Waals surface area contributed by atoms with Crippen LogP contribution in [0.1, 0.15) is 32.6 Å². The molecule has 1 heterocycles. The molecule has 0 aliphatic carbocycles. The number of halogens is 3. The minimum Gasteiger partial charge on any atom is -0.507 e. The maximum absolute atomic E-state index is 13.6. The number of aryl methyl sites for hydroxylation is 3. The van der Waals surface area contributed by atoms with Crippen molar-refractivity contribution in [3.8, 4) is 28.4 Å². The molecule has 0 atom stereocenters. The number of hydrogen-bond acceptors (Lipinski definition) is 5. The molecule has 4 aromatic carbocycles. The van der Waals surface area contributed by atoms with Gasteiger partial charge in [-0.2, -0.15) is 13.2 Å². The van der Waals surface area contributed by atoms with E-state index in [0.717, 1.165) is 28.8 Å². The number of aromatic hydroxyl groups is 2. The van der Waals surface area contributed by atoms with Crippen LogP contribution >= 0.6 is 0 Å². The van der Waals surface area contributed by atoms with E-state index in [1.807, 2.05) is 13.8 Å². The number of alkyl halides is 3. The number of aromatic carboxylic acids is 1. The van der Waals surface area contributed by atoms with E-state index in [0.29, 0.717) is 11.3 Å². The minimum atomic E-state index is -4.63. The lowest BCUT2D eigenvalue weighted by atomic mass is 9.98.